The molecule has 2 aromatic rings. The average molecular weight is 445 g/mol. The van der Waals surface area contributed by atoms with Gasteiger partial charge in [-0.25, -0.2) is 9.18 Å². The molecular formula is C25H33FN2O4. The third-order valence-corrected chi connectivity index (χ3v) is 6.18. The molecule has 0 aliphatic carbocycles. The molecule has 7 heteroatoms. The minimum Gasteiger partial charge on any atom is -0.489 e. The second-order valence-corrected chi connectivity index (χ2v) is 8.49. The molecule has 1 aliphatic rings. The van der Waals surface area contributed by atoms with Gasteiger partial charge in [-0.1, -0.05) is 12.1 Å². The fraction of sp³-hybridized carbons (Fsp3) is 0.480. The molecule has 0 aromatic heterocycles. The fourth-order valence-corrected chi connectivity index (χ4v) is 3.77. The quantitative estimate of drug-likeness (QED) is 0.606. The summed E-state index contributed by atoms with van der Waals surface area (Å²) < 4.78 is 31.5. The molecule has 0 atom stereocenters. The number of benzene rings is 2. The van der Waals surface area contributed by atoms with Crippen molar-refractivity contribution in [2.24, 2.45) is 0 Å². The summed E-state index contributed by atoms with van der Waals surface area (Å²) in [5, 5.41) is 0. The number of ether oxygens (including phenoxy) is 3. The van der Waals surface area contributed by atoms with Gasteiger partial charge in [0.05, 0.1) is 5.60 Å². The Balaban J connectivity index is 1.68. The largest absolute Gasteiger partial charge is 0.489 e. The van der Waals surface area contributed by atoms with Crippen molar-refractivity contribution in [2.45, 2.75) is 44.9 Å². The summed E-state index contributed by atoms with van der Waals surface area (Å²) in [5.74, 6) is 0.100. The van der Waals surface area contributed by atoms with Gasteiger partial charge in [-0.05, 0) is 49.2 Å². The lowest BCUT2D eigenvalue weighted by molar-refractivity contribution is -0.0950. The number of carbonyl (C=O) groups is 1. The van der Waals surface area contributed by atoms with E-state index < -0.39 is 5.60 Å². The first-order valence-electron chi connectivity index (χ1n) is 10.9. The highest BCUT2D eigenvalue weighted by Crippen LogP contribution is 2.37. The Labute approximate surface area is 189 Å². The molecule has 2 aromatic carbocycles. The topological polar surface area (TPSA) is 51.2 Å². The maximum Gasteiger partial charge on any atom is 0.324 e. The van der Waals surface area contributed by atoms with Gasteiger partial charge < -0.3 is 19.1 Å². The number of hydrogen-bond acceptors (Lipinski definition) is 4. The van der Waals surface area contributed by atoms with Gasteiger partial charge in [0, 0.05) is 65.1 Å². The molecule has 0 radical (unpaired) electrons. The van der Waals surface area contributed by atoms with Crippen molar-refractivity contribution in [3.63, 3.8) is 0 Å². The number of methoxy groups -OCH3 is 1. The zero-order chi connectivity index (χ0) is 23.3. The summed E-state index contributed by atoms with van der Waals surface area (Å²) >= 11 is 0. The molecule has 2 amide bonds. The number of hydrogen-bond donors (Lipinski definition) is 0. The molecule has 1 fully saturated rings. The average Bonchev–Trinajstić information content (AvgIpc) is 2.81. The van der Waals surface area contributed by atoms with Crippen LogP contribution in [0, 0.1) is 5.82 Å². The minimum absolute atomic E-state index is 0.0727. The van der Waals surface area contributed by atoms with Crippen molar-refractivity contribution in [3.05, 3.63) is 59.4 Å². The molecule has 32 heavy (non-hydrogen) atoms. The van der Waals surface area contributed by atoms with E-state index in [0.717, 1.165) is 16.8 Å². The zero-order valence-electron chi connectivity index (χ0n) is 19.6. The van der Waals surface area contributed by atoms with Crippen LogP contribution in [0.4, 0.5) is 14.9 Å². The van der Waals surface area contributed by atoms with Crippen LogP contribution in [0.2, 0.25) is 0 Å². The van der Waals surface area contributed by atoms with Crippen molar-refractivity contribution in [2.75, 3.05) is 39.3 Å². The standard InChI is InChI=1S/C25H33FN2O4/c1-18(2)27(3)24(29)28(4)22-8-6-19(7-9-22)17-32-23-15-20(14-21(26)16-23)25(30-5)10-12-31-13-11-25/h6-9,14-16,18H,10-13,17H2,1-5H3. The lowest BCUT2D eigenvalue weighted by Crippen LogP contribution is -2.42. The number of anilines is 1. The zero-order valence-corrected chi connectivity index (χ0v) is 19.6. The summed E-state index contributed by atoms with van der Waals surface area (Å²) in [4.78, 5) is 15.8. The van der Waals surface area contributed by atoms with Crippen LogP contribution in [0.1, 0.15) is 37.8 Å². The van der Waals surface area contributed by atoms with Crippen LogP contribution in [0.3, 0.4) is 0 Å². The van der Waals surface area contributed by atoms with Crippen molar-refractivity contribution in [1.29, 1.82) is 0 Å². The summed E-state index contributed by atoms with van der Waals surface area (Å²) in [5.41, 5.74) is 1.93. The Morgan fingerprint density at radius 3 is 2.38 bits per heavy atom. The normalized spacial score (nSPS) is 15.5. The lowest BCUT2D eigenvalue weighted by Gasteiger charge is -2.36. The van der Waals surface area contributed by atoms with E-state index >= 15 is 0 Å². The van der Waals surface area contributed by atoms with E-state index in [2.05, 4.69) is 0 Å². The van der Waals surface area contributed by atoms with E-state index in [4.69, 9.17) is 14.2 Å². The number of halogens is 1. The van der Waals surface area contributed by atoms with E-state index in [-0.39, 0.29) is 24.5 Å². The smallest absolute Gasteiger partial charge is 0.324 e. The first-order chi connectivity index (χ1) is 15.3. The van der Waals surface area contributed by atoms with E-state index in [0.29, 0.717) is 31.8 Å². The molecule has 0 spiro atoms. The Hall–Kier alpha value is -2.64. The van der Waals surface area contributed by atoms with Gasteiger partial charge in [-0.15, -0.1) is 0 Å². The first-order valence-corrected chi connectivity index (χ1v) is 10.9. The Bertz CT molecular complexity index is 911. The van der Waals surface area contributed by atoms with Crippen LogP contribution in [0.25, 0.3) is 0 Å². The maximum absolute atomic E-state index is 14.3. The van der Waals surface area contributed by atoms with Crippen LogP contribution in [0.5, 0.6) is 5.75 Å². The maximum atomic E-state index is 14.3. The third-order valence-electron chi connectivity index (χ3n) is 6.18. The number of carbonyl (C=O) groups excluding carboxylic acids is 1. The van der Waals surface area contributed by atoms with Gasteiger partial charge >= 0.3 is 6.03 Å². The molecule has 0 unspecified atom stereocenters. The summed E-state index contributed by atoms with van der Waals surface area (Å²) in [7, 11) is 5.19. The van der Waals surface area contributed by atoms with E-state index in [1.165, 1.54) is 12.1 Å². The molecule has 6 nitrogen and oxygen atoms in total. The second-order valence-electron chi connectivity index (χ2n) is 8.49. The van der Waals surface area contributed by atoms with Gasteiger partial charge in [0.1, 0.15) is 18.2 Å². The molecule has 174 valence electrons. The van der Waals surface area contributed by atoms with E-state index in [9.17, 15) is 9.18 Å². The fourth-order valence-electron chi connectivity index (χ4n) is 3.77. The van der Waals surface area contributed by atoms with Crippen molar-refractivity contribution < 1.29 is 23.4 Å². The van der Waals surface area contributed by atoms with Gasteiger partial charge in [-0.3, -0.25) is 4.90 Å². The second kappa shape index (κ2) is 10.3. The van der Waals surface area contributed by atoms with Crippen LogP contribution in [0.15, 0.2) is 42.5 Å². The van der Waals surface area contributed by atoms with Gasteiger partial charge in [0.2, 0.25) is 0 Å². The Morgan fingerprint density at radius 1 is 1.12 bits per heavy atom. The summed E-state index contributed by atoms with van der Waals surface area (Å²) in [6.07, 6.45) is 1.35. The highest BCUT2D eigenvalue weighted by atomic mass is 19.1. The van der Waals surface area contributed by atoms with E-state index in [1.807, 2.05) is 44.2 Å². The monoisotopic (exact) mass is 444 g/mol. The minimum atomic E-state index is -0.555. The predicted octanol–water partition coefficient (Wildman–Crippen LogP) is 4.95. The molecule has 0 N–H and O–H groups in total. The van der Waals surface area contributed by atoms with Gasteiger partial charge in [0.25, 0.3) is 0 Å². The molecule has 0 saturated carbocycles. The van der Waals surface area contributed by atoms with Gasteiger partial charge in [0.15, 0.2) is 0 Å². The molecular weight excluding hydrogens is 411 g/mol. The van der Waals surface area contributed by atoms with Crippen molar-refractivity contribution >= 4 is 11.7 Å². The van der Waals surface area contributed by atoms with Crippen molar-refractivity contribution in [3.8, 4) is 5.75 Å². The predicted molar refractivity (Wildman–Crippen MR) is 123 cm³/mol. The molecule has 0 bridgehead atoms. The summed E-state index contributed by atoms with van der Waals surface area (Å²) in [6.45, 7) is 5.39. The highest BCUT2D eigenvalue weighted by molar-refractivity contribution is 5.91. The molecule has 1 aliphatic heterocycles. The first kappa shape index (κ1) is 24.0. The molecule has 3 rings (SSSR count). The number of rotatable bonds is 7. The third kappa shape index (κ3) is 5.40. The SMILES string of the molecule is COC1(c2cc(F)cc(OCc3ccc(N(C)C(=O)N(C)C(C)C)cc3)c2)CCOCC1. The lowest BCUT2D eigenvalue weighted by atomic mass is 9.86. The van der Waals surface area contributed by atoms with Crippen LogP contribution < -0.4 is 9.64 Å². The molecule has 1 heterocycles. The Kier molecular flexibility index (Phi) is 7.74. The number of amides is 2. The van der Waals surface area contributed by atoms with Crippen LogP contribution in [-0.4, -0.2) is 51.4 Å². The number of nitrogens with zero attached hydrogens (tertiary/aromatic N) is 2. The van der Waals surface area contributed by atoms with Gasteiger partial charge in [-0.2, -0.15) is 0 Å². The summed E-state index contributed by atoms with van der Waals surface area (Å²) in [6, 6.07) is 12.4. The van der Waals surface area contributed by atoms with E-state index in [1.54, 1.807) is 31.0 Å². The highest BCUT2D eigenvalue weighted by Gasteiger charge is 2.35. The molecule has 1 saturated heterocycles. The Morgan fingerprint density at radius 2 is 1.78 bits per heavy atom. The van der Waals surface area contributed by atoms with Crippen LogP contribution >= 0.6 is 0 Å². The van der Waals surface area contributed by atoms with Crippen LogP contribution in [-0.2, 0) is 21.7 Å². The number of urea groups is 1. The van der Waals surface area contributed by atoms with Crippen molar-refractivity contribution in [1.82, 2.24) is 4.90 Å².